The Kier molecular flexibility index (Phi) is 6.91. The van der Waals surface area contributed by atoms with Crippen molar-refractivity contribution in [3.05, 3.63) is 60.4 Å². The summed E-state index contributed by atoms with van der Waals surface area (Å²) in [4.78, 5) is 17.1. The molecule has 1 amide bonds. The first-order chi connectivity index (χ1) is 15.5. The Hall–Kier alpha value is -2.71. The van der Waals surface area contributed by atoms with Crippen LogP contribution in [0.15, 0.2) is 59.8 Å². The smallest absolute Gasteiger partial charge is 0.251 e. The largest absolute Gasteiger partial charge is 0.352 e. The van der Waals surface area contributed by atoms with Crippen molar-refractivity contribution in [1.29, 1.82) is 0 Å². The summed E-state index contributed by atoms with van der Waals surface area (Å²) in [6.07, 6.45) is 7.71. The molecule has 4 rings (SSSR count). The van der Waals surface area contributed by atoms with Gasteiger partial charge in [0.05, 0.1) is 22.3 Å². The molecule has 1 aliphatic carbocycles. The minimum Gasteiger partial charge on any atom is -0.352 e. The predicted octanol–water partition coefficient (Wildman–Crippen LogP) is 3.81. The Labute approximate surface area is 189 Å². The molecule has 1 saturated carbocycles. The topological polar surface area (TPSA) is 84.3 Å². The number of sulfonamides is 1. The molecule has 1 fully saturated rings. The molecule has 170 valence electrons. The maximum absolute atomic E-state index is 12.9. The van der Waals surface area contributed by atoms with E-state index in [9.17, 15) is 13.2 Å². The molecule has 0 saturated heterocycles. The van der Waals surface area contributed by atoms with Crippen molar-refractivity contribution in [2.24, 2.45) is 0 Å². The number of carbonyl (C=O) groups is 1. The molecule has 32 heavy (non-hydrogen) atoms. The third kappa shape index (κ3) is 4.86. The van der Waals surface area contributed by atoms with Crippen LogP contribution in [-0.2, 0) is 16.6 Å². The van der Waals surface area contributed by atoms with Gasteiger partial charge in [0.15, 0.2) is 0 Å². The van der Waals surface area contributed by atoms with Crippen molar-refractivity contribution in [3.8, 4) is 0 Å². The summed E-state index contributed by atoms with van der Waals surface area (Å²) in [6.45, 7) is 1.28. The zero-order valence-electron chi connectivity index (χ0n) is 18.4. The molecule has 1 aliphatic rings. The lowest BCUT2D eigenvalue weighted by atomic mass is 9.96. The number of imidazole rings is 1. The van der Waals surface area contributed by atoms with Crippen molar-refractivity contribution in [3.63, 3.8) is 0 Å². The molecule has 1 N–H and O–H groups in total. The number of hydrogen-bond donors (Lipinski definition) is 1. The number of aryl methyl sites for hydroxylation is 1. The third-order valence-electron chi connectivity index (χ3n) is 6.27. The van der Waals surface area contributed by atoms with Gasteiger partial charge in [-0.15, -0.1) is 0 Å². The Morgan fingerprint density at radius 3 is 2.56 bits per heavy atom. The highest BCUT2D eigenvalue weighted by Gasteiger charge is 2.29. The van der Waals surface area contributed by atoms with Crippen molar-refractivity contribution in [2.75, 3.05) is 13.6 Å². The molecule has 2 aromatic carbocycles. The second-order valence-corrected chi connectivity index (χ2v) is 10.4. The number of amides is 1. The summed E-state index contributed by atoms with van der Waals surface area (Å²) in [6, 6.07) is 14.2. The van der Waals surface area contributed by atoms with Gasteiger partial charge in [0, 0.05) is 31.7 Å². The van der Waals surface area contributed by atoms with E-state index in [0.717, 1.165) is 49.7 Å². The van der Waals surface area contributed by atoms with Gasteiger partial charge >= 0.3 is 0 Å². The standard InChI is InChI=1S/C24H30N4O3S/c1-27(20-8-3-2-4-9-20)32(30,31)21-14-12-19(13-15-21)24(29)25-16-7-17-28-18-26-22-10-5-6-11-23(22)28/h5-6,10-15,18,20H,2-4,7-9,16-17H2,1H3,(H,25,29). The zero-order chi connectivity index (χ0) is 22.6. The van der Waals surface area contributed by atoms with Crippen LogP contribution in [0.1, 0.15) is 48.9 Å². The summed E-state index contributed by atoms with van der Waals surface area (Å²) in [5.74, 6) is -0.204. The van der Waals surface area contributed by atoms with E-state index in [1.54, 1.807) is 19.2 Å². The molecule has 7 nitrogen and oxygen atoms in total. The van der Waals surface area contributed by atoms with E-state index >= 15 is 0 Å². The van der Waals surface area contributed by atoms with Gasteiger partial charge in [-0.05, 0) is 55.7 Å². The zero-order valence-corrected chi connectivity index (χ0v) is 19.2. The fraction of sp³-hybridized carbons (Fsp3) is 0.417. The Morgan fingerprint density at radius 2 is 1.81 bits per heavy atom. The van der Waals surface area contributed by atoms with Crippen LogP contribution >= 0.6 is 0 Å². The number of fused-ring (bicyclic) bond motifs is 1. The van der Waals surface area contributed by atoms with Crippen LogP contribution in [0.3, 0.4) is 0 Å². The molecule has 1 aromatic heterocycles. The first kappa shape index (κ1) is 22.5. The second kappa shape index (κ2) is 9.83. The van der Waals surface area contributed by atoms with Crippen LogP contribution in [0.5, 0.6) is 0 Å². The first-order valence-corrected chi connectivity index (χ1v) is 12.7. The van der Waals surface area contributed by atoms with E-state index in [4.69, 9.17) is 0 Å². The van der Waals surface area contributed by atoms with Crippen LogP contribution in [0.4, 0.5) is 0 Å². The Morgan fingerprint density at radius 1 is 1.09 bits per heavy atom. The molecule has 1 heterocycles. The number of nitrogens with zero attached hydrogens (tertiary/aromatic N) is 3. The SMILES string of the molecule is CN(C1CCCCC1)S(=O)(=O)c1ccc(C(=O)NCCCn2cnc3ccccc32)cc1. The molecule has 3 aromatic rings. The molecular weight excluding hydrogens is 424 g/mol. The van der Waals surface area contributed by atoms with E-state index < -0.39 is 10.0 Å². The lowest BCUT2D eigenvalue weighted by molar-refractivity contribution is 0.0952. The van der Waals surface area contributed by atoms with E-state index in [2.05, 4.69) is 14.9 Å². The van der Waals surface area contributed by atoms with Gasteiger partial charge in [-0.2, -0.15) is 4.31 Å². The molecule has 0 unspecified atom stereocenters. The van der Waals surface area contributed by atoms with Gasteiger partial charge in [-0.3, -0.25) is 4.79 Å². The van der Waals surface area contributed by atoms with Gasteiger partial charge in [0.1, 0.15) is 0 Å². The van der Waals surface area contributed by atoms with Crippen molar-refractivity contribution in [2.45, 2.75) is 56.0 Å². The lowest BCUT2D eigenvalue weighted by Gasteiger charge is -2.30. The summed E-state index contributed by atoms with van der Waals surface area (Å²) in [5, 5.41) is 2.91. The number of para-hydroxylation sites is 2. The summed E-state index contributed by atoms with van der Waals surface area (Å²) >= 11 is 0. The molecule has 0 atom stereocenters. The van der Waals surface area contributed by atoms with Crippen molar-refractivity contribution >= 4 is 27.0 Å². The quantitative estimate of drug-likeness (QED) is 0.525. The van der Waals surface area contributed by atoms with E-state index in [1.165, 1.54) is 22.9 Å². The normalized spacial score (nSPS) is 15.3. The highest BCUT2D eigenvalue weighted by Crippen LogP contribution is 2.26. The van der Waals surface area contributed by atoms with Crippen LogP contribution in [0.25, 0.3) is 11.0 Å². The van der Waals surface area contributed by atoms with E-state index in [1.807, 2.05) is 30.6 Å². The van der Waals surface area contributed by atoms with Gasteiger partial charge in [0.25, 0.3) is 5.91 Å². The minimum atomic E-state index is -3.55. The molecular formula is C24H30N4O3S. The molecule has 0 aliphatic heterocycles. The highest BCUT2D eigenvalue weighted by atomic mass is 32.2. The summed E-state index contributed by atoms with van der Waals surface area (Å²) < 4.78 is 29.5. The average molecular weight is 455 g/mol. The molecule has 0 spiro atoms. The highest BCUT2D eigenvalue weighted by molar-refractivity contribution is 7.89. The molecule has 8 heteroatoms. The van der Waals surface area contributed by atoms with Gasteiger partial charge in [-0.1, -0.05) is 31.4 Å². The Balaban J connectivity index is 1.30. The molecule has 0 bridgehead atoms. The first-order valence-electron chi connectivity index (χ1n) is 11.2. The fourth-order valence-corrected chi connectivity index (χ4v) is 5.74. The summed E-state index contributed by atoms with van der Waals surface area (Å²) in [7, 11) is -1.89. The maximum atomic E-state index is 12.9. The number of nitrogens with one attached hydrogen (secondary N) is 1. The Bertz CT molecular complexity index is 1170. The third-order valence-corrected chi connectivity index (χ3v) is 8.20. The van der Waals surface area contributed by atoms with Gasteiger partial charge in [-0.25, -0.2) is 13.4 Å². The fourth-order valence-electron chi connectivity index (χ4n) is 4.33. The number of hydrogen-bond acceptors (Lipinski definition) is 4. The summed E-state index contributed by atoms with van der Waals surface area (Å²) in [5.41, 5.74) is 2.49. The van der Waals surface area contributed by atoms with E-state index in [0.29, 0.717) is 12.1 Å². The van der Waals surface area contributed by atoms with Gasteiger partial charge < -0.3 is 9.88 Å². The van der Waals surface area contributed by atoms with Crippen LogP contribution in [-0.4, -0.2) is 47.8 Å². The number of rotatable bonds is 8. The lowest BCUT2D eigenvalue weighted by Crippen LogP contribution is -2.38. The van der Waals surface area contributed by atoms with E-state index in [-0.39, 0.29) is 16.8 Å². The second-order valence-electron chi connectivity index (χ2n) is 8.37. The number of benzene rings is 2. The maximum Gasteiger partial charge on any atom is 0.251 e. The van der Waals surface area contributed by atoms with Crippen molar-refractivity contribution < 1.29 is 13.2 Å². The van der Waals surface area contributed by atoms with Crippen LogP contribution < -0.4 is 5.32 Å². The monoisotopic (exact) mass is 454 g/mol. The minimum absolute atomic E-state index is 0.0596. The number of carbonyl (C=O) groups excluding carboxylic acids is 1. The van der Waals surface area contributed by atoms with Crippen LogP contribution in [0.2, 0.25) is 0 Å². The van der Waals surface area contributed by atoms with Crippen LogP contribution in [0, 0.1) is 0 Å². The van der Waals surface area contributed by atoms with Gasteiger partial charge in [0.2, 0.25) is 10.0 Å². The number of aromatic nitrogens is 2. The predicted molar refractivity (Wildman–Crippen MR) is 125 cm³/mol. The van der Waals surface area contributed by atoms with Crippen molar-refractivity contribution in [1.82, 2.24) is 19.2 Å². The molecule has 0 radical (unpaired) electrons. The average Bonchev–Trinajstić information content (AvgIpc) is 3.25.